The third-order valence-corrected chi connectivity index (χ3v) is 5.89. The molecule has 6 heteroatoms. The Morgan fingerprint density at radius 2 is 2.00 bits per heavy atom. The second-order valence-corrected chi connectivity index (χ2v) is 7.91. The Bertz CT molecular complexity index is 901. The number of nitrogens with zero attached hydrogens (tertiary/aromatic N) is 4. The van der Waals surface area contributed by atoms with Crippen LogP contribution in [0.2, 0.25) is 0 Å². The molecule has 0 aliphatic carbocycles. The number of amides is 1. The van der Waals surface area contributed by atoms with Gasteiger partial charge in [0.25, 0.3) is 5.91 Å². The van der Waals surface area contributed by atoms with Gasteiger partial charge >= 0.3 is 0 Å². The van der Waals surface area contributed by atoms with Crippen molar-refractivity contribution in [2.24, 2.45) is 0 Å². The number of likely N-dealkylation sites (tertiary alicyclic amines) is 2. The normalized spacial score (nSPS) is 20.0. The van der Waals surface area contributed by atoms with Gasteiger partial charge in [0, 0.05) is 18.5 Å². The lowest BCUT2D eigenvalue weighted by molar-refractivity contribution is 0.0759. The summed E-state index contributed by atoms with van der Waals surface area (Å²) >= 11 is 0. The maximum Gasteiger partial charge on any atom is 0.273 e. The first-order valence-electron chi connectivity index (χ1n) is 10.7. The molecule has 152 valence electrons. The summed E-state index contributed by atoms with van der Waals surface area (Å²) in [4.78, 5) is 21.6. The minimum absolute atomic E-state index is 0.171. The number of para-hydroxylation sites is 1. The standard InChI is InChI=1S/C23H28N4O2/c24-17-19-8-5-15-27(19)23(28)20-11-10-18-7-4-9-21(22(18)25-20)29-16-6-14-26-12-2-1-3-13-26/h4,7,9-11,19H,1-3,5-6,8,12-16H2/t19-/m1/s1. The molecule has 0 saturated carbocycles. The highest BCUT2D eigenvalue weighted by Crippen LogP contribution is 2.26. The minimum atomic E-state index is -0.346. The van der Waals surface area contributed by atoms with E-state index < -0.39 is 0 Å². The first-order valence-corrected chi connectivity index (χ1v) is 10.7. The van der Waals surface area contributed by atoms with Crippen LogP contribution in [0.15, 0.2) is 30.3 Å². The van der Waals surface area contributed by atoms with Gasteiger partial charge in [0.1, 0.15) is 23.0 Å². The molecule has 0 bridgehead atoms. The van der Waals surface area contributed by atoms with Crippen molar-refractivity contribution in [3.05, 3.63) is 36.0 Å². The fraction of sp³-hybridized carbons (Fsp3) is 0.522. The first-order chi connectivity index (χ1) is 14.3. The molecular formula is C23H28N4O2. The lowest BCUT2D eigenvalue weighted by Crippen LogP contribution is -2.35. The summed E-state index contributed by atoms with van der Waals surface area (Å²) in [6.07, 6.45) is 6.53. The summed E-state index contributed by atoms with van der Waals surface area (Å²) in [6.45, 7) is 4.71. The Morgan fingerprint density at radius 3 is 2.83 bits per heavy atom. The van der Waals surface area contributed by atoms with E-state index in [0.29, 0.717) is 30.1 Å². The zero-order valence-corrected chi connectivity index (χ0v) is 16.8. The van der Waals surface area contributed by atoms with Gasteiger partial charge in [-0.2, -0.15) is 5.26 Å². The monoisotopic (exact) mass is 392 g/mol. The summed E-state index contributed by atoms with van der Waals surface area (Å²) in [5.41, 5.74) is 1.09. The van der Waals surface area contributed by atoms with E-state index in [-0.39, 0.29) is 11.9 Å². The van der Waals surface area contributed by atoms with Crippen molar-refractivity contribution in [1.82, 2.24) is 14.8 Å². The largest absolute Gasteiger partial charge is 0.491 e. The van der Waals surface area contributed by atoms with Crippen LogP contribution in [0.5, 0.6) is 5.75 Å². The van der Waals surface area contributed by atoms with Crippen molar-refractivity contribution in [2.45, 2.75) is 44.6 Å². The van der Waals surface area contributed by atoms with Crippen molar-refractivity contribution in [2.75, 3.05) is 32.8 Å². The van der Waals surface area contributed by atoms with E-state index in [1.807, 2.05) is 24.3 Å². The van der Waals surface area contributed by atoms with Crippen LogP contribution in [0.3, 0.4) is 0 Å². The molecule has 2 fully saturated rings. The third kappa shape index (κ3) is 4.51. The highest BCUT2D eigenvalue weighted by atomic mass is 16.5. The molecule has 1 amide bonds. The Labute approximate surface area is 172 Å². The number of fused-ring (bicyclic) bond motifs is 1. The SMILES string of the molecule is N#C[C@H]1CCCN1C(=O)c1ccc2cccc(OCCCN3CCCCC3)c2n1. The maximum absolute atomic E-state index is 12.9. The lowest BCUT2D eigenvalue weighted by atomic mass is 10.1. The third-order valence-electron chi connectivity index (χ3n) is 5.89. The number of hydrogen-bond acceptors (Lipinski definition) is 5. The van der Waals surface area contributed by atoms with Crippen LogP contribution in [0, 0.1) is 11.3 Å². The molecule has 0 spiro atoms. The highest BCUT2D eigenvalue weighted by molar-refractivity contribution is 5.96. The minimum Gasteiger partial charge on any atom is -0.491 e. The van der Waals surface area contributed by atoms with Crippen LogP contribution in [0.25, 0.3) is 10.9 Å². The van der Waals surface area contributed by atoms with Gasteiger partial charge in [-0.15, -0.1) is 0 Å². The van der Waals surface area contributed by atoms with Crippen molar-refractivity contribution in [3.8, 4) is 11.8 Å². The smallest absolute Gasteiger partial charge is 0.273 e. The van der Waals surface area contributed by atoms with Gasteiger partial charge < -0.3 is 14.5 Å². The maximum atomic E-state index is 12.9. The van der Waals surface area contributed by atoms with E-state index >= 15 is 0 Å². The zero-order valence-electron chi connectivity index (χ0n) is 16.8. The van der Waals surface area contributed by atoms with E-state index in [0.717, 1.165) is 31.2 Å². The van der Waals surface area contributed by atoms with Crippen LogP contribution in [-0.2, 0) is 0 Å². The Morgan fingerprint density at radius 1 is 1.14 bits per heavy atom. The van der Waals surface area contributed by atoms with Gasteiger partial charge in [0.2, 0.25) is 0 Å². The van der Waals surface area contributed by atoms with Crippen LogP contribution >= 0.6 is 0 Å². The molecular weight excluding hydrogens is 364 g/mol. The molecule has 4 rings (SSSR count). The summed E-state index contributed by atoms with van der Waals surface area (Å²) in [5.74, 6) is 0.546. The fourth-order valence-corrected chi connectivity index (χ4v) is 4.30. The summed E-state index contributed by atoms with van der Waals surface area (Å²) < 4.78 is 6.05. The number of nitriles is 1. The van der Waals surface area contributed by atoms with Crippen LogP contribution in [0.1, 0.15) is 49.0 Å². The van der Waals surface area contributed by atoms with Gasteiger partial charge in [0.15, 0.2) is 0 Å². The van der Waals surface area contributed by atoms with E-state index in [1.165, 1.54) is 32.4 Å². The number of hydrogen-bond donors (Lipinski definition) is 0. The topological polar surface area (TPSA) is 69.5 Å². The van der Waals surface area contributed by atoms with E-state index in [9.17, 15) is 10.1 Å². The molecule has 0 unspecified atom stereocenters. The van der Waals surface area contributed by atoms with Crippen LogP contribution in [0.4, 0.5) is 0 Å². The zero-order chi connectivity index (χ0) is 20.1. The number of carbonyl (C=O) groups is 1. The van der Waals surface area contributed by atoms with Crippen molar-refractivity contribution in [1.29, 1.82) is 5.26 Å². The van der Waals surface area contributed by atoms with Gasteiger partial charge in [-0.25, -0.2) is 4.98 Å². The molecule has 1 aromatic heterocycles. The number of ether oxygens (including phenoxy) is 1. The number of aromatic nitrogens is 1. The average Bonchev–Trinajstić information content (AvgIpc) is 3.25. The van der Waals surface area contributed by atoms with Crippen molar-refractivity contribution in [3.63, 3.8) is 0 Å². The molecule has 2 saturated heterocycles. The molecule has 0 N–H and O–H groups in total. The Kier molecular flexibility index (Phi) is 6.26. The summed E-state index contributed by atoms with van der Waals surface area (Å²) in [5, 5.41) is 10.2. The molecule has 29 heavy (non-hydrogen) atoms. The Hall–Kier alpha value is -2.65. The predicted octanol–water partition coefficient (Wildman–Crippen LogP) is 3.62. The fourth-order valence-electron chi connectivity index (χ4n) is 4.30. The summed E-state index contributed by atoms with van der Waals surface area (Å²) in [6, 6.07) is 11.4. The molecule has 3 heterocycles. The van der Waals surface area contributed by atoms with Crippen molar-refractivity contribution < 1.29 is 9.53 Å². The molecule has 1 aromatic carbocycles. The highest BCUT2D eigenvalue weighted by Gasteiger charge is 2.30. The number of benzene rings is 1. The Balaban J connectivity index is 1.44. The summed E-state index contributed by atoms with van der Waals surface area (Å²) in [7, 11) is 0. The number of rotatable bonds is 6. The van der Waals surface area contributed by atoms with Crippen LogP contribution in [-0.4, -0.2) is 59.5 Å². The molecule has 2 aliphatic heterocycles. The van der Waals surface area contributed by atoms with E-state index in [4.69, 9.17) is 4.74 Å². The predicted molar refractivity (Wildman–Crippen MR) is 112 cm³/mol. The second kappa shape index (κ2) is 9.23. The number of pyridine rings is 1. The van der Waals surface area contributed by atoms with Crippen molar-refractivity contribution >= 4 is 16.8 Å². The number of carbonyl (C=O) groups excluding carboxylic acids is 1. The lowest BCUT2D eigenvalue weighted by Gasteiger charge is -2.26. The molecule has 2 aliphatic rings. The average molecular weight is 393 g/mol. The van der Waals surface area contributed by atoms with Crippen LogP contribution < -0.4 is 4.74 Å². The molecule has 1 atom stereocenters. The first kappa shape index (κ1) is 19.7. The van der Waals surface area contributed by atoms with Gasteiger partial charge in [0.05, 0.1) is 12.7 Å². The quantitative estimate of drug-likeness (QED) is 0.703. The van der Waals surface area contributed by atoms with E-state index in [1.54, 1.807) is 11.0 Å². The number of piperidine rings is 1. The van der Waals surface area contributed by atoms with E-state index in [2.05, 4.69) is 16.0 Å². The molecule has 0 radical (unpaired) electrons. The molecule has 6 nitrogen and oxygen atoms in total. The molecule has 2 aromatic rings. The second-order valence-electron chi connectivity index (χ2n) is 7.91. The van der Waals surface area contributed by atoms with Gasteiger partial charge in [-0.3, -0.25) is 4.79 Å². The van der Waals surface area contributed by atoms with Gasteiger partial charge in [-0.1, -0.05) is 24.6 Å². The van der Waals surface area contributed by atoms with Gasteiger partial charge in [-0.05, 0) is 57.3 Å².